The van der Waals surface area contributed by atoms with E-state index in [1.165, 1.54) is 11.1 Å². The van der Waals surface area contributed by atoms with Crippen LogP contribution < -0.4 is 0 Å². The SMILES string of the molecule is CC(C)(C)OC(=O)CC(CN(Cc1ccccc1)Cc1ccccc1)C1(C(=O)O)CCCC1. The van der Waals surface area contributed by atoms with Gasteiger partial charge < -0.3 is 9.84 Å². The zero-order valence-corrected chi connectivity index (χ0v) is 20.1. The summed E-state index contributed by atoms with van der Waals surface area (Å²) in [6, 6.07) is 20.4. The number of carboxylic acid groups (broad SMARTS) is 1. The van der Waals surface area contributed by atoms with Gasteiger partial charge in [-0.25, -0.2) is 0 Å². The smallest absolute Gasteiger partial charge is 0.309 e. The fourth-order valence-electron chi connectivity index (χ4n) is 5.00. The van der Waals surface area contributed by atoms with E-state index in [0.29, 0.717) is 32.5 Å². The van der Waals surface area contributed by atoms with Crippen LogP contribution in [-0.2, 0) is 27.4 Å². The summed E-state index contributed by atoms with van der Waals surface area (Å²) >= 11 is 0. The van der Waals surface area contributed by atoms with Gasteiger partial charge in [-0.3, -0.25) is 14.5 Å². The molecule has 0 radical (unpaired) electrons. The summed E-state index contributed by atoms with van der Waals surface area (Å²) in [5.74, 6) is -1.42. The van der Waals surface area contributed by atoms with Gasteiger partial charge in [0.15, 0.2) is 0 Å². The van der Waals surface area contributed by atoms with Crippen LogP contribution >= 0.6 is 0 Å². The molecule has 0 amide bonds. The molecule has 0 heterocycles. The Labute approximate surface area is 197 Å². The first kappa shape index (κ1) is 25.0. The van der Waals surface area contributed by atoms with Gasteiger partial charge in [0, 0.05) is 19.6 Å². The van der Waals surface area contributed by atoms with Gasteiger partial charge in [0.25, 0.3) is 0 Å². The average molecular weight is 452 g/mol. The molecular weight excluding hydrogens is 414 g/mol. The Kier molecular flexibility index (Phi) is 8.30. The number of benzene rings is 2. The molecule has 33 heavy (non-hydrogen) atoms. The molecule has 0 saturated heterocycles. The highest BCUT2D eigenvalue weighted by atomic mass is 16.6. The molecular formula is C28H37NO4. The Morgan fingerprint density at radius 3 is 1.85 bits per heavy atom. The number of hydrogen-bond acceptors (Lipinski definition) is 4. The second-order valence-electron chi connectivity index (χ2n) is 10.3. The van der Waals surface area contributed by atoms with E-state index in [0.717, 1.165) is 12.8 Å². The first-order valence-electron chi connectivity index (χ1n) is 11.9. The van der Waals surface area contributed by atoms with Crippen LogP contribution in [-0.4, -0.2) is 34.1 Å². The van der Waals surface area contributed by atoms with Crippen molar-refractivity contribution in [2.75, 3.05) is 6.54 Å². The summed E-state index contributed by atoms with van der Waals surface area (Å²) in [6.45, 7) is 7.44. The van der Waals surface area contributed by atoms with Gasteiger partial charge in [0.05, 0.1) is 11.8 Å². The molecule has 2 aromatic carbocycles. The number of carbonyl (C=O) groups is 2. The molecule has 5 nitrogen and oxygen atoms in total. The molecule has 1 atom stereocenters. The minimum Gasteiger partial charge on any atom is -0.481 e. The van der Waals surface area contributed by atoms with Gasteiger partial charge in [-0.2, -0.15) is 0 Å². The van der Waals surface area contributed by atoms with Crippen LogP contribution in [0.1, 0.15) is 64.0 Å². The van der Waals surface area contributed by atoms with Crippen molar-refractivity contribution in [2.45, 2.75) is 71.6 Å². The Balaban J connectivity index is 1.89. The molecule has 1 aliphatic rings. The average Bonchev–Trinajstić information content (AvgIpc) is 3.25. The van der Waals surface area contributed by atoms with Crippen molar-refractivity contribution in [3.05, 3.63) is 71.8 Å². The summed E-state index contributed by atoms with van der Waals surface area (Å²) in [5, 5.41) is 10.3. The predicted molar refractivity (Wildman–Crippen MR) is 129 cm³/mol. The molecule has 3 rings (SSSR count). The van der Waals surface area contributed by atoms with Crippen LogP contribution in [0.2, 0.25) is 0 Å². The highest BCUT2D eigenvalue weighted by Gasteiger charge is 2.49. The minimum absolute atomic E-state index is 0.115. The molecule has 1 saturated carbocycles. The van der Waals surface area contributed by atoms with E-state index in [1.54, 1.807) is 0 Å². The number of esters is 1. The molecule has 1 N–H and O–H groups in total. The molecule has 5 heteroatoms. The molecule has 178 valence electrons. The third-order valence-corrected chi connectivity index (χ3v) is 6.51. The standard InChI is InChI=1S/C28H37NO4/c1-27(2,3)33-25(30)18-24(28(26(31)32)16-10-11-17-28)21-29(19-22-12-6-4-7-13-22)20-23-14-8-5-9-15-23/h4-9,12-15,24H,10-11,16-21H2,1-3H3,(H,31,32). The van der Waals surface area contributed by atoms with Crippen LogP contribution in [0.4, 0.5) is 0 Å². The van der Waals surface area contributed by atoms with Crippen molar-refractivity contribution in [3.8, 4) is 0 Å². The molecule has 1 unspecified atom stereocenters. The van der Waals surface area contributed by atoms with Crippen molar-refractivity contribution < 1.29 is 19.4 Å². The maximum Gasteiger partial charge on any atom is 0.309 e. The van der Waals surface area contributed by atoms with Crippen molar-refractivity contribution >= 4 is 11.9 Å². The number of aliphatic carboxylic acids is 1. The van der Waals surface area contributed by atoms with E-state index in [9.17, 15) is 14.7 Å². The third-order valence-electron chi connectivity index (χ3n) is 6.51. The quantitative estimate of drug-likeness (QED) is 0.471. The van der Waals surface area contributed by atoms with Crippen LogP contribution in [0.3, 0.4) is 0 Å². The number of ether oxygens (including phenoxy) is 1. The largest absolute Gasteiger partial charge is 0.481 e. The third kappa shape index (κ3) is 7.16. The van der Waals surface area contributed by atoms with E-state index in [-0.39, 0.29) is 18.3 Å². The van der Waals surface area contributed by atoms with E-state index >= 15 is 0 Å². The lowest BCUT2D eigenvalue weighted by Crippen LogP contribution is -2.44. The van der Waals surface area contributed by atoms with Crippen molar-refractivity contribution in [3.63, 3.8) is 0 Å². The van der Waals surface area contributed by atoms with Gasteiger partial charge in [-0.05, 0) is 50.7 Å². The monoisotopic (exact) mass is 451 g/mol. The number of rotatable bonds is 10. The zero-order chi connectivity index (χ0) is 23.9. The summed E-state index contributed by atoms with van der Waals surface area (Å²) in [7, 11) is 0. The van der Waals surface area contributed by atoms with Crippen molar-refractivity contribution in [1.29, 1.82) is 0 Å². The Morgan fingerprint density at radius 2 is 1.42 bits per heavy atom. The molecule has 0 bridgehead atoms. The Bertz CT molecular complexity index is 857. The Hall–Kier alpha value is -2.66. The maximum atomic E-state index is 12.9. The molecule has 1 aliphatic carbocycles. The zero-order valence-electron chi connectivity index (χ0n) is 20.1. The fraction of sp³-hybridized carbons (Fsp3) is 0.500. The lowest BCUT2D eigenvalue weighted by Gasteiger charge is -2.37. The molecule has 0 aliphatic heterocycles. The summed E-state index contributed by atoms with van der Waals surface area (Å²) < 4.78 is 5.62. The summed E-state index contributed by atoms with van der Waals surface area (Å²) in [4.78, 5) is 27.7. The topological polar surface area (TPSA) is 66.8 Å². The summed E-state index contributed by atoms with van der Waals surface area (Å²) in [6.07, 6.45) is 3.10. The number of carboxylic acids is 1. The van der Waals surface area contributed by atoms with Gasteiger partial charge >= 0.3 is 11.9 Å². The van der Waals surface area contributed by atoms with E-state index in [1.807, 2.05) is 57.2 Å². The molecule has 2 aromatic rings. The van der Waals surface area contributed by atoms with E-state index in [2.05, 4.69) is 29.2 Å². The van der Waals surface area contributed by atoms with Gasteiger partial charge in [-0.15, -0.1) is 0 Å². The summed E-state index contributed by atoms with van der Waals surface area (Å²) in [5.41, 5.74) is 0.852. The van der Waals surface area contributed by atoms with Crippen LogP contribution in [0.25, 0.3) is 0 Å². The normalized spacial score (nSPS) is 16.5. The highest BCUT2D eigenvalue weighted by Crippen LogP contribution is 2.47. The van der Waals surface area contributed by atoms with Crippen LogP contribution in [0.5, 0.6) is 0 Å². The first-order chi connectivity index (χ1) is 15.7. The van der Waals surface area contributed by atoms with Crippen molar-refractivity contribution in [1.82, 2.24) is 4.90 Å². The highest BCUT2D eigenvalue weighted by molar-refractivity contribution is 5.77. The maximum absolute atomic E-state index is 12.9. The lowest BCUT2D eigenvalue weighted by atomic mass is 9.71. The predicted octanol–water partition coefficient (Wildman–Crippen LogP) is 5.68. The van der Waals surface area contributed by atoms with Gasteiger partial charge in [0.2, 0.25) is 0 Å². The fourth-order valence-corrected chi connectivity index (χ4v) is 5.00. The molecule has 0 spiro atoms. The van der Waals surface area contributed by atoms with Crippen molar-refractivity contribution in [2.24, 2.45) is 11.3 Å². The Morgan fingerprint density at radius 1 is 0.939 bits per heavy atom. The number of carbonyl (C=O) groups excluding carboxylic acids is 1. The number of nitrogens with zero attached hydrogens (tertiary/aromatic N) is 1. The molecule has 0 aromatic heterocycles. The van der Waals surface area contributed by atoms with E-state index < -0.39 is 17.0 Å². The second kappa shape index (κ2) is 11.0. The molecule has 1 fully saturated rings. The second-order valence-corrected chi connectivity index (χ2v) is 10.3. The first-order valence-corrected chi connectivity index (χ1v) is 11.9. The van der Waals surface area contributed by atoms with Gasteiger partial charge in [-0.1, -0.05) is 73.5 Å². The lowest BCUT2D eigenvalue weighted by molar-refractivity contribution is -0.161. The minimum atomic E-state index is -0.886. The van der Waals surface area contributed by atoms with Crippen LogP contribution in [0, 0.1) is 11.3 Å². The van der Waals surface area contributed by atoms with E-state index in [4.69, 9.17) is 4.74 Å². The van der Waals surface area contributed by atoms with Crippen LogP contribution in [0.15, 0.2) is 60.7 Å². The number of hydrogen-bond donors (Lipinski definition) is 1. The van der Waals surface area contributed by atoms with Gasteiger partial charge in [0.1, 0.15) is 5.60 Å².